The van der Waals surface area contributed by atoms with Crippen molar-refractivity contribution >= 4 is 21.6 Å². The molecule has 3 aromatic rings. The van der Waals surface area contributed by atoms with Crippen molar-refractivity contribution in [2.75, 3.05) is 13.2 Å². The molecule has 0 saturated carbocycles. The van der Waals surface area contributed by atoms with Crippen LogP contribution in [0.1, 0.15) is 5.56 Å². The van der Waals surface area contributed by atoms with E-state index in [1.54, 1.807) is 12.1 Å². The molecule has 4 rings (SSSR count). The number of H-pyrrole nitrogens is 1. The molecule has 0 aliphatic carbocycles. The highest BCUT2D eigenvalue weighted by Crippen LogP contribution is 2.41. The van der Waals surface area contributed by atoms with E-state index in [0.717, 1.165) is 11.1 Å². The van der Waals surface area contributed by atoms with Gasteiger partial charge >= 0.3 is 0 Å². The molecule has 0 fully saturated rings. The van der Waals surface area contributed by atoms with Gasteiger partial charge in [-0.1, -0.05) is 6.07 Å². The van der Waals surface area contributed by atoms with E-state index in [0.29, 0.717) is 34.9 Å². The number of nitrogens with one attached hydrogen (secondary N) is 1. The second-order valence-electron chi connectivity index (χ2n) is 5.00. The highest BCUT2D eigenvalue weighted by atomic mass is 32.1. The zero-order valence-electron chi connectivity index (χ0n) is 11.8. The monoisotopic (exact) mass is 326 g/mol. The summed E-state index contributed by atoms with van der Waals surface area (Å²) in [7, 11) is 0. The summed E-state index contributed by atoms with van der Waals surface area (Å²) in [6.45, 7) is 0.999. The molecule has 23 heavy (non-hydrogen) atoms. The number of aromatic nitrogens is 1. The Morgan fingerprint density at radius 2 is 2.04 bits per heavy atom. The van der Waals surface area contributed by atoms with Gasteiger partial charge in [0.2, 0.25) is 0 Å². The van der Waals surface area contributed by atoms with E-state index in [-0.39, 0.29) is 11.3 Å². The summed E-state index contributed by atoms with van der Waals surface area (Å²) in [5.74, 6) is 1.02. The first-order valence-electron chi connectivity index (χ1n) is 6.85. The van der Waals surface area contributed by atoms with Crippen LogP contribution in [0.15, 0.2) is 28.4 Å². The maximum Gasteiger partial charge on any atom is 0.270 e. The molecule has 0 saturated heterocycles. The lowest BCUT2D eigenvalue weighted by atomic mass is 10.0. The third-order valence-electron chi connectivity index (χ3n) is 3.68. The van der Waals surface area contributed by atoms with Crippen LogP contribution in [0, 0.1) is 11.3 Å². The number of hydrogen-bond acceptors (Lipinski definition) is 6. The van der Waals surface area contributed by atoms with Crippen molar-refractivity contribution in [1.82, 2.24) is 4.98 Å². The standard InChI is InChI=1S/C16H10N2O4S/c17-6-9-14(19)13-10(7-23-16(13)18-15(9)20)8-1-2-11-12(5-8)22-4-3-21-11/h1-2,5,7H,3-4H2,(H2,18,19,20). The smallest absolute Gasteiger partial charge is 0.270 e. The van der Waals surface area contributed by atoms with Crippen LogP contribution in [-0.2, 0) is 0 Å². The average Bonchev–Trinajstić information content (AvgIpc) is 2.98. The molecule has 0 radical (unpaired) electrons. The Balaban J connectivity index is 1.96. The van der Waals surface area contributed by atoms with E-state index in [9.17, 15) is 9.90 Å². The summed E-state index contributed by atoms with van der Waals surface area (Å²) in [4.78, 5) is 14.9. The Labute approximate surface area is 134 Å². The summed E-state index contributed by atoms with van der Waals surface area (Å²) in [6, 6.07) is 7.23. The molecular formula is C16H10N2O4S. The molecule has 0 unspecified atom stereocenters. The fourth-order valence-electron chi connectivity index (χ4n) is 2.61. The molecule has 3 heterocycles. The molecular weight excluding hydrogens is 316 g/mol. The van der Waals surface area contributed by atoms with Gasteiger partial charge in [-0.15, -0.1) is 11.3 Å². The van der Waals surface area contributed by atoms with E-state index in [2.05, 4.69) is 4.98 Å². The number of thiophene rings is 1. The fraction of sp³-hybridized carbons (Fsp3) is 0.125. The normalized spacial score (nSPS) is 13.0. The lowest BCUT2D eigenvalue weighted by Crippen LogP contribution is -2.15. The summed E-state index contributed by atoms with van der Waals surface area (Å²) in [5.41, 5.74) is 0.668. The zero-order valence-corrected chi connectivity index (χ0v) is 12.6. The Bertz CT molecular complexity index is 1030. The Morgan fingerprint density at radius 3 is 2.83 bits per heavy atom. The lowest BCUT2D eigenvalue weighted by molar-refractivity contribution is 0.171. The summed E-state index contributed by atoms with van der Waals surface area (Å²) >= 11 is 1.30. The molecule has 1 aromatic carbocycles. The number of nitrogens with zero attached hydrogens (tertiary/aromatic N) is 1. The van der Waals surface area contributed by atoms with Gasteiger partial charge in [-0.2, -0.15) is 5.26 Å². The van der Waals surface area contributed by atoms with Crippen LogP contribution >= 0.6 is 11.3 Å². The Kier molecular flexibility index (Phi) is 2.99. The number of aromatic amines is 1. The minimum Gasteiger partial charge on any atom is -0.506 e. The van der Waals surface area contributed by atoms with E-state index < -0.39 is 5.56 Å². The largest absolute Gasteiger partial charge is 0.506 e. The average molecular weight is 326 g/mol. The van der Waals surface area contributed by atoms with Crippen LogP contribution in [0.25, 0.3) is 21.3 Å². The number of nitriles is 1. The topological polar surface area (TPSA) is 95.3 Å². The van der Waals surface area contributed by atoms with Crippen molar-refractivity contribution in [3.05, 3.63) is 39.5 Å². The maximum atomic E-state index is 11.8. The number of hydrogen-bond donors (Lipinski definition) is 2. The van der Waals surface area contributed by atoms with Crippen LogP contribution in [0.2, 0.25) is 0 Å². The third kappa shape index (κ3) is 2.04. The number of aromatic hydroxyl groups is 1. The second kappa shape index (κ2) is 5.04. The lowest BCUT2D eigenvalue weighted by Gasteiger charge is -2.18. The van der Waals surface area contributed by atoms with Gasteiger partial charge in [0.25, 0.3) is 5.56 Å². The first kappa shape index (κ1) is 13.7. The van der Waals surface area contributed by atoms with Gasteiger partial charge in [-0.25, -0.2) is 0 Å². The van der Waals surface area contributed by atoms with Crippen LogP contribution in [0.4, 0.5) is 0 Å². The predicted molar refractivity (Wildman–Crippen MR) is 85.3 cm³/mol. The summed E-state index contributed by atoms with van der Waals surface area (Å²) in [6.07, 6.45) is 0. The number of rotatable bonds is 1. The van der Waals surface area contributed by atoms with Gasteiger partial charge in [0, 0.05) is 10.9 Å². The highest BCUT2D eigenvalue weighted by molar-refractivity contribution is 7.17. The van der Waals surface area contributed by atoms with Crippen molar-refractivity contribution < 1.29 is 14.6 Å². The molecule has 7 heteroatoms. The Morgan fingerprint density at radius 1 is 1.26 bits per heavy atom. The minimum atomic E-state index is -0.590. The molecule has 2 aromatic heterocycles. The number of fused-ring (bicyclic) bond motifs is 2. The van der Waals surface area contributed by atoms with Gasteiger partial charge in [0.15, 0.2) is 17.1 Å². The van der Waals surface area contributed by atoms with E-state index in [4.69, 9.17) is 14.7 Å². The first-order chi connectivity index (χ1) is 11.2. The summed E-state index contributed by atoms with van der Waals surface area (Å²) < 4.78 is 11.1. The van der Waals surface area contributed by atoms with E-state index >= 15 is 0 Å². The van der Waals surface area contributed by atoms with Crippen LogP contribution < -0.4 is 15.0 Å². The van der Waals surface area contributed by atoms with E-state index in [1.165, 1.54) is 11.3 Å². The van der Waals surface area contributed by atoms with Crippen LogP contribution in [-0.4, -0.2) is 23.3 Å². The van der Waals surface area contributed by atoms with Gasteiger partial charge < -0.3 is 19.6 Å². The van der Waals surface area contributed by atoms with Crippen molar-refractivity contribution in [2.45, 2.75) is 0 Å². The molecule has 0 atom stereocenters. The molecule has 0 bridgehead atoms. The third-order valence-corrected chi connectivity index (χ3v) is 4.58. The quantitative estimate of drug-likeness (QED) is 0.716. The number of ether oxygens (including phenoxy) is 2. The zero-order chi connectivity index (χ0) is 16.0. The van der Waals surface area contributed by atoms with Crippen LogP contribution in [0.5, 0.6) is 17.2 Å². The maximum absolute atomic E-state index is 11.8. The van der Waals surface area contributed by atoms with Gasteiger partial charge in [0.1, 0.15) is 29.9 Å². The summed E-state index contributed by atoms with van der Waals surface area (Å²) in [5, 5.41) is 21.6. The molecule has 6 nitrogen and oxygen atoms in total. The Hall–Kier alpha value is -2.98. The number of pyridine rings is 1. The van der Waals surface area contributed by atoms with Crippen molar-refractivity contribution in [3.63, 3.8) is 0 Å². The van der Waals surface area contributed by atoms with Crippen LogP contribution in [0.3, 0.4) is 0 Å². The molecule has 1 aliphatic rings. The molecule has 2 N–H and O–H groups in total. The van der Waals surface area contributed by atoms with Gasteiger partial charge in [-0.05, 0) is 17.7 Å². The van der Waals surface area contributed by atoms with Gasteiger partial charge in [0.05, 0.1) is 5.39 Å². The predicted octanol–water partition coefficient (Wildman–Crippen LogP) is 2.61. The molecule has 1 aliphatic heterocycles. The molecule has 0 spiro atoms. The van der Waals surface area contributed by atoms with Crippen molar-refractivity contribution in [3.8, 4) is 34.4 Å². The van der Waals surface area contributed by atoms with Crippen molar-refractivity contribution in [2.24, 2.45) is 0 Å². The second-order valence-corrected chi connectivity index (χ2v) is 5.88. The van der Waals surface area contributed by atoms with E-state index in [1.807, 2.05) is 17.5 Å². The molecule has 0 amide bonds. The fourth-order valence-corrected chi connectivity index (χ4v) is 3.58. The minimum absolute atomic E-state index is 0.283. The first-order valence-corrected chi connectivity index (χ1v) is 7.73. The highest BCUT2D eigenvalue weighted by Gasteiger charge is 2.19. The van der Waals surface area contributed by atoms with Gasteiger partial charge in [-0.3, -0.25) is 4.79 Å². The molecule has 114 valence electrons. The van der Waals surface area contributed by atoms with Crippen molar-refractivity contribution in [1.29, 1.82) is 5.26 Å². The number of benzene rings is 1. The SMILES string of the molecule is N#Cc1c(O)c2c(-c3ccc4c(c3)OCCO4)csc2[nH]c1=O.